The molecule has 120 valence electrons. The summed E-state index contributed by atoms with van der Waals surface area (Å²) in [6.45, 7) is 0.830. The van der Waals surface area contributed by atoms with Crippen molar-refractivity contribution in [3.8, 4) is 0 Å². The zero-order chi connectivity index (χ0) is 16.1. The Hall–Kier alpha value is -2.02. The van der Waals surface area contributed by atoms with Gasteiger partial charge in [-0.1, -0.05) is 12.1 Å². The van der Waals surface area contributed by atoms with Crippen molar-refractivity contribution in [1.82, 2.24) is 5.32 Å². The summed E-state index contributed by atoms with van der Waals surface area (Å²) in [6.07, 6.45) is 0.940. The van der Waals surface area contributed by atoms with E-state index in [-0.39, 0.29) is 18.1 Å². The Morgan fingerprint density at radius 1 is 1.41 bits per heavy atom. The average molecular weight is 313 g/mol. The molecule has 2 rings (SSSR count). The molecule has 0 spiro atoms. The van der Waals surface area contributed by atoms with E-state index < -0.39 is 36.0 Å². The normalized spacial score (nSPS) is 19.5. The van der Waals surface area contributed by atoms with E-state index in [0.717, 1.165) is 12.5 Å². The number of nitrogens with one attached hydrogen (secondary N) is 1. The molecule has 1 aliphatic rings. The van der Waals surface area contributed by atoms with Crippen LogP contribution in [0.1, 0.15) is 18.4 Å². The summed E-state index contributed by atoms with van der Waals surface area (Å²) < 4.78 is 31.8. The van der Waals surface area contributed by atoms with E-state index in [1.165, 1.54) is 12.1 Å². The number of carboxylic acids is 1. The fraction of sp³-hybridized carbons (Fsp3) is 0.467. The van der Waals surface area contributed by atoms with Gasteiger partial charge in [0.05, 0.1) is 13.0 Å². The molecule has 2 unspecified atom stereocenters. The second-order valence-electron chi connectivity index (χ2n) is 5.25. The van der Waals surface area contributed by atoms with Gasteiger partial charge in [0.2, 0.25) is 5.91 Å². The number of hydrogen-bond donors (Lipinski definition) is 2. The molecule has 1 saturated heterocycles. The number of amides is 1. The first kappa shape index (κ1) is 16.4. The number of halogens is 2. The van der Waals surface area contributed by atoms with Gasteiger partial charge in [-0.15, -0.1) is 0 Å². The van der Waals surface area contributed by atoms with Gasteiger partial charge in [0.1, 0.15) is 6.04 Å². The van der Waals surface area contributed by atoms with Crippen molar-refractivity contribution in [1.29, 1.82) is 0 Å². The molecular formula is C15H17F2NO4. The van der Waals surface area contributed by atoms with Gasteiger partial charge < -0.3 is 15.2 Å². The summed E-state index contributed by atoms with van der Waals surface area (Å²) in [6, 6.07) is 2.45. The van der Waals surface area contributed by atoms with Gasteiger partial charge in [-0.2, -0.15) is 0 Å². The molecule has 1 aromatic rings. The molecule has 0 aromatic heterocycles. The van der Waals surface area contributed by atoms with Gasteiger partial charge in [-0.05, 0) is 18.9 Å². The van der Waals surface area contributed by atoms with Gasteiger partial charge in [0, 0.05) is 18.1 Å². The zero-order valence-electron chi connectivity index (χ0n) is 11.9. The summed E-state index contributed by atoms with van der Waals surface area (Å²) in [7, 11) is 0. The summed E-state index contributed by atoms with van der Waals surface area (Å²) >= 11 is 0. The number of aliphatic carboxylic acids is 1. The standard InChI is InChI=1S/C15H17F2NO4/c16-11-5-1-3-9(13(11)17)7-12(19)18-14(15(20)21)10-4-2-6-22-8-10/h1,3,5,10,14H,2,4,6-8H2,(H,18,19)(H,20,21). The first-order valence-corrected chi connectivity index (χ1v) is 7.02. The first-order chi connectivity index (χ1) is 10.5. The smallest absolute Gasteiger partial charge is 0.326 e. The fourth-order valence-corrected chi connectivity index (χ4v) is 2.49. The van der Waals surface area contributed by atoms with Crippen LogP contribution in [0.3, 0.4) is 0 Å². The summed E-state index contributed by atoms with van der Waals surface area (Å²) in [5.41, 5.74) is -0.110. The van der Waals surface area contributed by atoms with Crippen molar-refractivity contribution in [2.24, 2.45) is 5.92 Å². The first-order valence-electron chi connectivity index (χ1n) is 7.02. The van der Waals surface area contributed by atoms with Gasteiger partial charge in [-0.25, -0.2) is 13.6 Å². The van der Waals surface area contributed by atoms with Crippen molar-refractivity contribution in [2.45, 2.75) is 25.3 Å². The van der Waals surface area contributed by atoms with E-state index in [1.807, 2.05) is 0 Å². The summed E-state index contributed by atoms with van der Waals surface area (Å²) in [5, 5.41) is 11.6. The lowest BCUT2D eigenvalue weighted by Gasteiger charge is -2.28. The van der Waals surface area contributed by atoms with Crippen molar-refractivity contribution in [3.63, 3.8) is 0 Å². The van der Waals surface area contributed by atoms with Crippen molar-refractivity contribution in [3.05, 3.63) is 35.4 Å². The van der Waals surface area contributed by atoms with Gasteiger partial charge >= 0.3 is 5.97 Å². The summed E-state index contributed by atoms with van der Waals surface area (Å²) in [5.74, 6) is -4.29. The maximum Gasteiger partial charge on any atom is 0.326 e. The molecule has 1 fully saturated rings. The zero-order valence-corrected chi connectivity index (χ0v) is 11.9. The molecule has 1 heterocycles. The number of carbonyl (C=O) groups is 2. The largest absolute Gasteiger partial charge is 0.480 e. The minimum absolute atomic E-state index is 0.110. The van der Waals surface area contributed by atoms with Crippen LogP contribution in [0.5, 0.6) is 0 Å². The minimum atomic E-state index is -1.16. The highest BCUT2D eigenvalue weighted by molar-refractivity contribution is 5.85. The predicted molar refractivity (Wildman–Crippen MR) is 73.2 cm³/mol. The SMILES string of the molecule is O=C(Cc1cccc(F)c1F)NC(C(=O)O)C1CCCOC1. The van der Waals surface area contributed by atoms with Crippen LogP contribution in [0.15, 0.2) is 18.2 Å². The summed E-state index contributed by atoms with van der Waals surface area (Å²) in [4.78, 5) is 23.2. The van der Waals surface area contributed by atoms with Crippen LogP contribution in [0.25, 0.3) is 0 Å². The van der Waals surface area contributed by atoms with Crippen LogP contribution in [-0.4, -0.2) is 36.2 Å². The molecule has 1 aromatic carbocycles. The van der Waals surface area contributed by atoms with Gasteiger partial charge in [-0.3, -0.25) is 4.79 Å². The van der Waals surface area contributed by atoms with Crippen molar-refractivity contribution >= 4 is 11.9 Å². The highest BCUT2D eigenvalue weighted by Gasteiger charge is 2.31. The van der Waals surface area contributed by atoms with Crippen LogP contribution in [-0.2, 0) is 20.7 Å². The number of hydrogen-bond acceptors (Lipinski definition) is 3. The molecular weight excluding hydrogens is 296 g/mol. The fourth-order valence-electron chi connectivity index (χ4n) is 2.49. The van der Waals surface area contributed by atoms with Gasteiger partial charge in [0.15, 0.2) is 11.6 Å². The molecule has 1 aliphatic heterocycles. The van der Waals surface area contributed by atoms with E-state index in [9.17, 15) is 23.5 Å². The van der Waals surface area contributed by atoms with E-state index in [4.69, 9.17) is 4.74 Å². The van der Waals surface area contributed by atoms with Crippen molar-refractivity contribution < 1.29 is 28.2 Å². The van der Waals surface area contributed by atoms with Gasteiger partial charge in [0.25, 0.3) is 0 Å². The third kappa shape index (κ3) is 4.00. The molecule has 5 nitrogen and oxygen atoms in total. The number of rotatable bonds is 5. The van der Waals surface area contributed by atoms with Crippen LogP contribution in [0.4, 0.5) is 8.78 Å². The Bertz CT molecular complexity index is 558. The monoisotopic (exact) mass is 313 g/mol. The lowest BCUT2D eigenvalue weighted by atomic mass is 9.93. The molecule has 22 heavy (non-hydrogen) atoms. The average Bonchev–Trinajstić information content (AvgIpc) is 2.50. The minimum Gasteiger partial charge on any atom is -0.480 e. The molecule has 0 aliphatic carbocycles. The molecule has 0 radical (unpaired) electrons. The highest BCUT2D eigenvalue weighted by atomic mass is 19.2. The van der Waals surface area contributed by atoms with Crippen LogP contribution in [0.2, 0.25) is 0 Å². The van der Waals surface area contributed by atoms with Crippen LogP contribution >= 0.6 is 0 Å². The number of ether oxygens (including phenoxy) is 1. The second-order valence-corrected chi connectivity index (χ2v) is 5.25. The Morgan fingerprint density at radius 3 is 2.82 bits per heavy atom. The lowest BCUT2D eigenvalue weighted by molar-refractivity contribution is -0.145. The van der Waals surface area contributed by atoms with E-state index in [2.05, 4.69) is 5.32 Å². The number of carbonyl (C=O) groups excluding carboxylic acids is 1. The van der Waals surface area contributed by atoms with E-state index in [1.54, 1.807) is 0 Å². The second kappa shape index (κ2) is 7.31. The lowest BCUT2D eigenvalue weighted by Crippen LogP contribution is -2.48. The highest BCUT2D eigenvalue weighted by Crippen LogP contribution is 2.18. The molecule has 1 amide bonds. The Kier molecular flexibility index (Phi) is 5.43. The molecule has 2 N–H and O–H groups in total. The third-order valence-corrected chi connectivity index (χ3v) is 3.63. The maximum atomic E-state index is 13.5. The van der Waals surface area contributed by atoms with Crippen LogP contribution < -0.4 is 5.32 Å². The Labute approximate surface area is 126 Å². The molecule has 2 atom stereocenters. The quantitative estimate of drug-likeness (QED) is 0.864. The number of benzene rings is 1. The van der Waals surface area contributed by atoms with Crippen LogP contribution in [0, 0.1) is 17.6 Å². The number of carboxylic acid groups (broad SMARTS) is 1. The van der Waals surface area contributed by atoms with E-state index in [0.29, 0.717) is 13.0 Å². The molecule has 0 saturated carbocycles. The maximum absolute atomic E-state index is 13.5. The molecule has 0 bridgehead atoms. The predicted octanol–water partition coefficient (Wildman–Crippen LogP) is 1.50. The Morgan fingerprint density at radius 2 is 2.18 bits per heavy atom. The Balaban J connectivity index is 2.02. The van der Waals surface area contributed by atoms with E-state index >= 15 is 0 Å². The van der Waals surface area contributed by atoms with Crippen molar-refractivity contribution in [2.75, 3.05) is 13.2 Å². The molecule has 7 heteroatoms. The topological polar surface area (TPSA) is 75.6 Å². The third-order valence-electron chi connectivity index (χ3n) is 3.63.